The molecule has 78 valence electrons. The number of ether oxygens (including phenoxy) is 1. The van der Waals surface area contributed by atoms with Crippen molar-refractivity contribution in [2.45, 2.75) is 19.3 Å². The zero-order valence-corrected chi connectivity index (χ0v) is 8.32. The average Bonchev–Trinajstić information content (AvgIpc) is 2.62. The Bertz CT molecular complexity index is 303. The van der Waals surface area contributed by atoms with Gasteiger partial charge in [0, 0.05) is 19.6 Å². The van der Waals surface area contributed by atoms with Crippen LogP contribution in [0, 0.1) is 0 Å². The third-order valence-corrected chi connectivity index (χ3v) is 2.08. The van der Waals surface area contributed by atoms with Gasteiger partial charge in [-0.3, -0.25) is 0 Å². The summed E-state index contributed by atoms with van der Waals surface area (Å²) in [5.74, 6) is -0.165. The van der Waals surface area contributed by atoms with Crippen molar-refractivity contribution in [1.82, 2.24) is 0 Å². The zero-order valence-electron chi connectivity index (χ0n) is 8.32. The monoisotopic (exact) mass is 198 g/mol. The van der Waals surface area contributed by atoms with E-state index in [9.17, 15) is 4.79 Å². The number of furan rings is 1. The second kappa shape index (κ2) is 4.81. The van der Waals surface area contributed by atoms with E-state index in [2.05, 4.69) is 0 Å². The molecular formula is C10H14O4. The Hall–Kier alpha value is -1.29. The van der Waals surface area contributed by atoms with E-state index < -0.39 is 5.97 Å². The van der Waals surface area contributed by atoms with Gasteiger partial charge < -0.3 is 14.3 Å². The van der Waals surface area contributed by atoms with Crippen molar-refractivity contribution in [1.29, 1.82) is 0 Å². The summed E-state index contributed by atoms with van der Waals surface area (Å²) in [6.07, 6.45) is 0.822. The first-order valence-electron chi connectivity index (χ1n) is 4.47. The molecule has 0 aliphatic rings. The Morgan fingerprint density at radius 2 is 2.36 bits per heavy atom. The summed E-state index contributed by atoms with van der Waals surface area (Å²) < 4.78 is 10.1. The third kappa shape index (κ3) is 2.60. The van der Waals surface area contributed by atoms with Crippen molar-refractivity contribution >= 4 is 5.97 Å². The van der Waals surface area contributed by atoms with Crippen molar-refractivity contribution in [3.05, 3.63) is 23.7 Å². The van der Waals surface area contributed by atoms with Gasteiger partial charge >= 0.3 is 5.97 Å². The summed E-state index contributed by atoms with van der Waals surface area (Å²) >= 11 is 0. The van der Waals surface area contributed by atoms with Gasteiger partial charge in [0.25, 0.3) is 0 Å². The molecule has 0 aromatic carbocycles. The van der Waals surface area contributed by atoms with Gasteiger partial charge in [-0.2, -0.15) is 0 Å². The number of rotatable bonds is 5. The Morgan fingerprint density at radius 1 is 1.64 bits per heavy atom. The lowest BCUT2D eigenvalue weighted by molar-refractivity contribution is 0.0659. The molecule has 0 aliphatic heterocycles. The molecule has 0 aliphatic carbocycles. The van der Waals surface area contributed by atoms with E-state index in [1.165, 1.54) is 6.07 Å². The summed E-state index contributed by atoms with van der Waals surface area (Å²) in [5, 5.41) is 8.64. The highest BCUT2D eigenvalue weighted by molar-refractivity contribution is 5.84. The maximum atomic E-state index is 10.5. The SMILES string of the molecule is COCCC(C)c1ccc(C(=O)O)o1. The molecule has 1 aromatic heterocycles. The van der Waals surface area contributed by atoms with Crippen LogP contribution in [0.1, 0.15) is 35.6 Å². The number of aromatic carboxylic acids is 1. The molecule has 14 heavy (non-hydrogen) atoms. The molecule has 0 bridgehead atoms. The smallest absolute Gasteiger partial charge is 0.371 e. The van der Waals surface area contributed by atoms with Crippen LogP contribution in [0.4, 0.5) is 0 Å². The van der Waals surface area contributed by atoms with Gasteiger partial charge in [-0.25, -0.2) is 4.79 Å². The van der Waals surface area contributed by atoms with Crippen LogP contribution in [-0.2, 0) is 4.74 Å². The summed E-state index contributed by atoms with van der Waals surface area (Å²) in [6, 6.07) is 3.17. The van der Waals surface area contributed by atoms with Gasteiger partial charge in [0.1, 0.15) is 5.76 Å². The number of carboxylic acid groups (broad SMARTS) is 1. The van der Waals surface area contributed by atoms with Crippen LogP contribution in [0.15, 0.2) is 16.5 Å². The Balaban J connectivity index is 2.61. The number of carbonyl (C=O) groups is 1. The van der Waals surface area contributed by atoms with Crippen LogP contribution < -0.4 is 0 Å². The van der Waals surface area contributed by atoms with E-state index in [4.69, 9.17) is 14.3 Å². The molecule has 1 rings (SSSR count). The standard InChI is InChI=1S/C10H14O4/c1-7(5-6-13-2)8-3-4-9(14-8)10(11)12/h3-4,7H,5-6H2,1-2H3,(H,11,12). The molecule has 0 amide bonds. The molecule has 0 saturated carbocycles. The largest absolute Gasteiger partial charge is 0.475 e. The minimum absolute atomic E-state index is 0.00994. The molecule has 1 aromatic rings. The molecular weight excluding hydrogens is 184 g/mol. The predicted octanol–water partition coefficient (Wildman–Crippen LogP) is 2.12. The molecule has 0 spiro atoms. The summed E-state index contributed by atoms with van der Waals surface area (Å²) in [7, 11) is 1.64. The van der Waals surface area contributed by atoms with Gasteiger partial charge in [0.15, 0.2) is 0 Å². The molecule has 4 nitrogen and oxygen atoms in total. The van der Waals surface area contributed by atoms with Crippen molar-refractivity contribution in [2.75, 3.05) is 13.7 Å². The van der Waals surface area contributed by atoms with E-state index in [1.54, 1.807) is 13.2 Å². The van der Waals surface area contributed by atoms with Gasteiger partial charge in [-0.15, -0.1) is 0 Å². The average molecular weight is 198 g/mol. The molecule has 0 saturated heterocycles. The van der Waals surface area contributed by atoms with E-state index in [1.807, 2.05) is 6.92 Å². The third-order valence-electron chi connectivity index (χ3n) is 2.08. The van der Waals surface area contributed by atoms with Crippen LogP contribution in [0.25, 0.3) is 0 Å². The summed E-state index contributed by atoms with van der Waals surface area (Å²) in [5.41, 5.74) is 0. The first kappa shape index (κ1) is 10.8. The topological polar surface area (TPSA) is 59.7 Å². The quantitative estimate of drug-likeness (QED) is 0.787. The highest BCUT2D eigenvalue weighted by atomic mass is 16.5. The molecule has 1 heterocycles. The lowest BCUT2D eigenvalue weighted by Gasteiger charge is -2.06. The molecule has 4 heteroatoms. The first-order valence-corrected chi connectivity index (χ1v) is 4.47. The normalized spacial score (nSPS) is 12.7. The molecule has 0 fully saturated rings. The maximum absolute atomic E-state index is 10.5. The lowest BCUT2D eigenvalue weighted by Crippen LogP contribution is -1.98. The summed E-state index contributed by atoms with van der Waals surface area (Å²) in [6.45, 7) is 2.62. The summed E-state index contributed by atoms with van der Waals surface area (Å²) in [4.78, 5) is 10.5. The second-order valence-electron chi connectivity index (χ2n) is 3.19. The minimum atomic E-state index is -1.03. The van der Waals surface area contributed by atoms with Crippen molar-refractivity contribution in [3.8, 4) is 0 Å². The van der Waals surface area contributed by atoms with Crippen molar-refractivity contribution in [3.63, 3.8) is 0 Å². The lowest BCUT2D eigenvalue weighted by atomic mass is 10.1. The van der Waals surface area contributed by atoms with Crippen LogP contribution >= 0.6 is 0 Å². The zero-order chi connectivity index (χ0) is 10.6. The van der Waals surface area contributed by atoms with Crippen molar-refractivity contribution < 1.29 is 19.1 Å². The van der Waals surface area contributed by atoms with E-state index >= 15 is 0 Å². The fourth-order valence-electron chi connectivity index (χ4n) is 1.17. The Labute approximate surface area is 82.5 Å². The van der Waals surface area contributed by atoms with E-state index in [0.717, 1.165) is 6.42 Å². The Morgan fingerprint density at radius 3 is 2.86 bits per heavy atom. The Kier molecular flexibility index (Phi) is 3.71. The minimum Gasteiger partial charge on any atom is -0.475 e. The fourth-order valence-corrected chi connectivity index (χ4v) is 1.17. The maximum Gasteiger partial charge on any atom is 0.371 e. The van der Waals surface area contributed by atoms with Crippen LogP contribution in [-0.4, -0.2) is 24.8 Å². The van der Waals surface area contributed by atoms with Gasteiger partial charge in [0.05, 0.1) is 0 Å². The van der Waals surface area contributed by atoms with E-state index in [0.29, 0.717) is 12.4 Å². The van der Waals surface area contributed by atoms with Crippen LogP contribution in [0.2, 0.25) is 0 Å². The molecule has 0 radical (unpaired) electrons. The molecule has 1 atom stereocenters. The first-order chi connectivity index (χ1) is 6.65. The van der Waals surface area contributed by atoms with Crippen LogP contribution in [0.3, 0.4) is 0 Å². The van der Waals surface area contributed by atoms with E-state index in [-0.39, 0.29) is 11.7 Å². The molecule has 1 unspecified atom stereocenters. The number of carboxylic acids is 1. The van der Waals surface area contributed by atoms with Crippen LogP contribution in [0.5, 0.6) is 0 Å². The van der Waals surface area contributed by atoms with Gasteiger partial charge in [-0.1, -0.05) is 6.92 Å². The highest BCUT2D eigenvalue weighted by Gasteiger charge is 2.13. The van der Waals surface area contributed by atoms with Crippen molar-refractivity contribution in [2.24, 2.45) is 0 Å². The number of hydrogen-bond donors (Lipinski definition) is 1. The predicted molar refractivity (Wildman–Crippen MR) is 50.6 cm³/mol. The number of hydrogen-bond acceptors (Lipinski definition) is 3. The fraction of sp³-hybridized carbons (Fsp3) is 0.500. The van der Waals surface area contributed by atoms with Gasteiger partial charge in [-0.05, 0) is 18.6 Å². The second-order valence-corrected chi connectivity index (χ2v) is 3.19. The van der Waals surface area contributed by atoms with Gasteiger partial charge in [0.2, 0.25) is 5.76 Å². The molecule has 1 N–H and O–H groups in total. The number of methoxy groups -OCH3 is 1. The highest BCUT2D eigenvalue weighted by Crippen LogP contribution is 2.21.